The number of amides is 2. The minimum Gasteiger partial charge on any atom is -0.497 e. The Bertz CT molecular complexity index is 1510. The number of hydrogen-bond acceptors (Lipinski definition) is 4. The van der Waals surface area contributed by atoms with E-state index in [-0.39, 0.29) is 12.3 Å². The first-order chi connectivity index (χ1) is 16.6. The van der Waals surface area contributed by atoms with Crippen molar-refractivity contribution < 1.29 is 14.3 Å². The number of nitrogens with one attached hydrogen (secondary N) is 3. The Kier molecular flexibility index (Phi) is 5.66. The third kappa shape index (κ3) is 4.19. The van der Waals surface area contributed by atoms with Gasteiger partial charge in [-0.3, -0.25) is 20.4 Å². The largest absolute Gasteiger partial charge is 0.497 e. The number of aromatic nitrogens is 2. The summed E-state index contributed by atoms with van der Waals surface area (Å²) < 4.78 is 5.23. The van der Waals surface area contributed by atoms with Crippen molar-refractivity contribution in [2.45, 2.75) is 6.42 Å². The summed E-state index contributed by atoms with van der Waals surface area (Å²) in [5.74, 6) is 0.00731. The number of aromatic amines is 1. The number of ether oxygens (including phenoxy) is 1. The molecule has 5 aromatic rings. The van der Waals surface area contributed by atoms with Gasteiger partial charge in [0.05, 0.1) is 30.3 Å². The molecule has 2 amide bonds. The Labute approximate surface area is 195 Å². The van der Waals surface area contributed by atoms with E-state index in [9.17, 15) is 9.59 Å². The monoisotopic (exact) mass is 450 g/mol. The van der Waals surface area contributed by atoms with Crippen LogP contribution >= 0.6 is 0 Å². The average molecular weight is 450 g/mol. The van der Waals surface area contributed by atoms with Gasteiger partial charge in [0, 0.05) is 28.0 Å². The molecule has 3 aromatic carbocycles. The van der Waals surface area contributed by atoms with Crippen LogP contribution in [0.1, 0.15) is 15.9 Å². The lowest BCUT2D eigenvalue weighted by atomic mass is 10.0. The van der Waals surface area contributed by atoms with Crippen molar-refractivity contribution in [3.05, 3.63) is 96.2 Å². The van der Waals surface area contributed by atoms with Crippen LogP contribution in [-0.4, -0.2) is 28.9 Å². The highest BCUT2D eigenvalue weighted by Gasteiger charge is 2.15. The Morgan fingerprint density at radius 1 is 0.912 bits per heavy atom. The number of pyridine rings is 1. The molecule has 5 rings (SSSR count). The molecule has 0 fully saturated rings. The van der Waals surface area contributed by atoms with Crippen molar-refractivity contribution >= 4 is 33.6 Å². The molecule has 168 valence electrons. The molecule has 2 heterocycles. The Hall–Kier alpha value is -4.65. The number of rotatable bonds is 5. The van der Waals surface area contributed by atoms with Gasteiger partial charge < -0.3 is 9.72 Å². The van der Waals surface area contributed by atoms with Crippen LogP contribution in [-0.2, 0) is 11.2 Å². The van der Waals surface area contributed by atoms with E-state index in [1.165, 1.54) is 0 Å². The van der Waals surface area contributed by atoms with Gasteiger partial charge in [-0.1, -0.05) is 36.4 Å². The molecule has 0 aliphatic carbocycles. The van der Waals surface area contributed by atoms with Crippen LogP contribution in [0.15, 0.2) is 85.1 Å². The fraction of sp³-hybridized carbons (Fsp3) is 0.0741. The molecule has 0 aliphatic heterocycles. The predicted molar refractivity (Wildman–Crippen MR) is 131 cm³/mol. The van der Waals surface area contributed by atoms with Gasteiger partial charge in [-0.05, 0) is 48.0 Å². The quantitative estimate of drug-likeness (QED) is 0.346. The molecule has 0 atom stereocenters. The lowest BCUT2D eigenvalue weighted by molar-refractivity contribution is -0.121. The number of nitrogens with zero attached hydrogens (tertiary/aromatic N) is 1. The summed E-state index contributed by atoms with van der Waals surface area (Å²) in [5, 5.41) is 1.68. The number of methoxy groups -OCH3 is 1. The lowest BCUT2D eigenvalue weighted by Gasteiger charge is -2.12. The van der Waals surface area contributed by atoms with Gasteiger partial charge in [0.15, 0.2) is 0 Å². The zero-order chi connectivity index (χ0) is 23.5. The second-order valence-electron chi connectivity index (χ2n) is 7.84. The van der Waals surface area contributed by atoms with Crippen LogP contribution < -0.4 is 15.6 Å². The number of fused-ring (bicyclic) bond motifs is 2. The van der Waals surface area contributed by atoms with Crippen LogP contribution in [0.2, 0.25) is 0 Å². The molecule has 0 saturated heterocycles. The number of hydrogen-bond donors (Lipinski definition) is 3. The van der Waals surface area contributed by atoms with Gasteiger partial charge in [0.1, 0.15) is 5.75 Å². The molecule has 2 aromatic heterocycles. The number of carbonyl (C=O) groups excluding carboxylic acids is 2. The van der Waals surface area contributed by atoms with Crippen molar-refractivity contribution in [2.75, 3.05) is 7.11 Å². The maximum absolute atomic E-state index is 13.1. The van der Waals surface area contributed by atoms with Crippen LogP contribution in [0.3, 0.4) is 0 Å². The first kappa shape index (κ1) is 21.2. The van der Waals surface area contributed by atoms with E-state index in [1.807, 2.05) is 79.0 Å². The van der Waals surface area contributed by atoms with Crippen molar-refractivity contribution in [1.82, 2.24) is 20.8 Å². The summed E-state index contributed by atoms with van der Waals surface area (Å²) in [6, 6.07) is 24.4. The topological polar surface area (TPSA) is 96.1 Å². The molecular weight excluding hydrogens is 428 g/mol. The highest BCUT2D eigenvalue weighted by Crippen LogP contribution is 2.26. The molecule has 3 N–H and O–H groups in total. The summed E-state index contributed by atoms with van der Waals surface area (Å²) in [5.41, 5.74) is 9.51. The van der Waals surface area contributed by atoms with Crippen molar-refractivity contribution in [3.63, 3.8) is 0 Å². The molecule has 0 radical (unpaired) electrons. The molecule has 34 heavy (non-hydrogen) atoms. The number of benzene rings is 3. The summed E-state index contributed by atoms with van der Waals surface area (Å²) >= 11 is 0. The van der Waals surface area contributed by atoms with E-state index in [2.05, 4.69) is 15.8 Å². The normalized spacial score (nSPS) is 10.9. The summed E-state index contributed by atoms with van der Waals surface area (Å²) in [4.78, 5) is 33.5. The molecule has 0 bridgehead atoms. The smallest absolute Gasteiger partial charge is 0.270 e. The first-order valence-corrected chi connectivity index (χ1v) is 10.8. The van der Waals surface area contributed by atoms with Gasteiger partial charge in [0.2, 0.25) is 5.91 Å². The molecule has 0 aliphatic rings. The Balaban J connectivity index is 1.37. The summed E-state index contributed by atoms with van der Waals surface area (Å²) in [6.07, 6.45) is 1.95. The van der Waals surface area contributed by atoms with Crippen LogP contribution in [0.25, 0.3) is 33.1 Å². The average Bonchev–Trinajstić information content (AvgIpc) is 3.29. The number of para-hydroxylation sites is 2. The fourth-order valence-corrected chi connectivity index (χ4v) is 3.96. The zero-order valence-corrected chi connectivity index (χ0v) is 18.5. The van der Waals surface area contributed by atoms with Crippen molar-refractivity contribution in [2.24, 2.45) is 0 Å². The van der Waals surface area contributed by atoms with Gasteiger partial charge in [-0.2, -0.15) is 0 Å². The minimum absolute atomic E-state index is 0.137. The van der Waals surface area contributed by atoms with Gasteiger partial charge in [-0.25, -0.2) is 4.98 Å². The summed E-state index contributed by atoms with van der Waals surface area (Å²) in [7, 11) is 1.61. The maximum atomic E-state index is 13.1. The van der Waals surface area contributed by atoms with E-state index in [0.29, 0.717) is 22.2 Å². The van der Waals surface area contributed by atoms with Crippen molar-refractivity contribution in [1.29, 1.82) is 0 Å². The molecule has 0 spiro atoms. The second kappa shape index (κ2) is 9.07. The standard InChI is InChI=1S/C27H22N4O3/c1-34-19-12-10-17(11-13-19)25-15-22(21-7-3-5-9-24(21)29-25)27(33)31-30-26(32)14-18-16-28-23-8-4-2-6-20(18)23/h2-13,15-16,28H,14H2,1H3,(H,30,32)(H,31,33). The van der Waals surface area contributed by atoms with E-state index >= 15 is 0 Å². The molecule has 7 heteroatoms. The first-order valence-electron chi connectivity index (χ1n) is 10.8. The van der Waals surface area contributed by atoms with E-state index in [1.54, 1.807) is 13.2 Å². The van der Waals surface area contributed by atoms with Crippen LogP contribution in [0.4, 0.5) is 0 Å². The molecule has 0 unspecified atom stereocenters. The van der Waals surface area contributed by atoms with Crippen LogP contribution in [0.5, 0.6) is 5.75 Å². The number of hydrazine groups is 1. The fourth-order valence-electron chi connectivity index (χ4n) is 3.96. The highest BCUT2D eigenvalue weighted by atomic mass is 16.5. The van der Waals surface area contributed by atoms with E-state index in [4.69, 9.17) is 9.72 Å². The predicted octanol–water partition coefficient (Wildman–Crippen LogP) is 4.40. The van der Waals surface area contributed by atoms with Gasteiger partial charge >= 0.3 is 0 Å². The summed E-state index contributed by atoms with van der Waals surface area (Å²) in [6.45, 7) is 0. The third-order valence-electron chi connectivity index (χ3n) is 5.69. The number of H-pyrrole nitrogens is 1. The van der Waals surface area contributed by atoms with Crippen molar-refractivity contribution in [3.8, 4) is 17.0 Å². The third-order valence-corrected chi connectivity index (χ3v) is 5.69. The van der Waals surface area contributed by atoms with E-state index < -0.39 is 5.91 Å². The lowest BCUT2D eigenvalue weighted by Crippen LogP contribution is -2.42. The second-order valence-corrected chi connectivity index (χ2v) is 7.84. The Morgan fingerprint density at radius 3 is 2.44 bits per heavy atom. The van der Waals surface area contributed by atoms with Gasteiger partial charge in [-0.15, -0.1) is 0 Å². The van der Waals surface area contributed by atoms with Gasteiger partial charge in [0.25, 0.3) is 5.91 Å². The number of carbonyl (C=O) groups is 2. The molecule has 0 saturated carbocycles. The highest BCUT2D eigenvalue weighted by molar-refractivity contribution is 6.07. The SMILES string of the molecule is COc1ccc(-c2cc(C(=O)NNC(=O)Cc3c[nH]c4ccccc34)c3ccccc3n2)cc1. The van der Waals surface area contributed by atoms with Crippen LogP contribution in [0, 0.1) is 0 Å². The molecular formula is C27H22N4O3. The minimum atomic E-state index is -0.416. The van der Waals surface area contributed by atoms with E-state index in [0.717, 1.165) is 27.8 Å². The zero-order valence-electron chi connectivity index (χ0n) is 18.5. The Morgan fingerprint density at radius 2 is 1.65 bits per heavy atom. The molecule has 7 nitrogen and oxygen atoms in total. The maximum Gasteiger partial charge on any atom is 0.270 e.